The van der Waals surface area contributed by atoms with Crippen molar-refractivity contribution in [1.29, 1.82) is 0 Å². The molecule has 0 amide bonds. The molecule has 0 bridgehead atoms. The molecule has 0 saturated carbocycles. The first-order valence-electron chi connectivity index (χ1n) is 27.6. The third-order valence-corrected chi connectivity index (χ3v) is 12.7. The summed E-state index contributed by atoms with van der Waals surface area (Å²) < 4.78 is 34.0. The Labute approximate surface area is 418 Å². The summed E-state index contributed by atoms with van der Waals surface area (Å²) in [5.74, 6) is -0.868. The Kier molecular flexibility index (Phi) is 47.6. The van der Waals surface area contributed by atoms with Crippen molar-refractivity contribution in [1.82, 2.24) is 0 Å². The standard InChI is InChI=1S/C58H104NO8P/c1-6-8-10-12-14-16-18-20-21-22-23-24-25-26-27-28-29-30-31-32-33-34-35-36-37-39-41-43-45-47-49-51-58(61)67-56(55-66-68(62,63)65-53-52-59(3,4)5)54-64-57(60)50-48-46-44-42-40-38-19-17-15-13-11-9-7-2/h9,11,15,17-18,20,22-23,25-26,38,40,56H,6-8,10,12-14,16,19,21,24,27-37,39,41-55H2,1-5H3/b11-9-,17-15-,20-18-,23-22-,26-25-,40-38-. The quantitative estimate of drug-likeness (QED) is 0.0195. The van der Waals surface area contributed by atoms with Crippen LogP contribution in [0.3, 0.4) is 0 Å². The molecule has 0 aromatic heterocycles. The van der Waals surface area contributed by atoms with Crippen LogP contribution >= 0.6 is 7.82 Å². The topological polar surface area (TPSA) is 111 Å². The van der Waals surface area contributed by atoms with Gasteiger partial charge >= 0.3 is 11.9 Å². The molecule has 0 rings (SSSR count). The maximum atomic E-state index is 12.8. The minimum absolute atomic E-state index is 0.0378. The molecule has 0 aromatic rings. The summed E-state index contributed by atoms with van der Waals surface area (Å²) in [7, 11) is 1.15. The molecule has 0 aliphatic rings. The first-order chi connectivity index (χ1) is 33.0. The largest absolute Gasteiger partial charge is 0.756 e. The molecule has 0 heterocycles. The monoisotopic (exact) mass is 974 g/mol. The number of ether oxygens (including phenoxy) is 2. The van der Waals surface area contributed by atoms with Gasteiger partial charge in [-0.05, 0) is 83.5 Å². The zero-order valence-electron chi connectivity index (χ0n) is 44.5. The third-order valence-electron chi connectivity index (χ3n) is 11.7. The SMILES string of the molecule is CC/C=C\C/C=C\C/C=C\CCCCCC(=O)OCC(COP(=O)([O-])OCC[N+](C)(C)C)OC(=O)CCCCCCCCCCCCCCCCCC/C=C\C/C=C\C/C=C\CCCCCCC. The Morgan fingerprint density at radius 2 is 0.838 bits per heavy atom. The minimum Gasteiger partial charge on any atom is -0.756 e. The van der Waals surface area contributed by atoms with E-state index in [9.17, 15) is 19.0 Å². The average Bonchev–Trinajstić information content (AvgIpc) is 3.30. The number of phosphoric acid groups is 1. The Hall–Kier alpha value is -2.55. The van der Waals surface area contributed by atoms with Crippen LogP contribution in [0.2, 0.25) is 0 Å². The number of quaternary nitrogens is 1. The Balaban J connectivity index is 4.09. The maximum absolute atomic E-state index is 12.8. The summed E-state index contributed by atoms with van der Waals surface area (Å²) in [6, 6.07) is 0. The van der Waals surface area contributed by atoms with Crippen LogP contribution in [-0.4, -0.2) is 70.0 Å². The number of hydrogen-bond acceptors (Lipinski definition) is 8. The van der Waals surface area contributed by atoms with Gasteiger partial charge in [0.05, 0.1) is 27.7 Å². The number of carbonyl (C=O) groups excluding carboxylic acids is 2. The van der Waals surface area contributed by atoms with Gasteiger partial charge in [0.2, 0.25) is 0 Å². The van der Waals surface area contributed by atoms with E-state index in [0.29, 0.717) is 23.9 Å². The van der Waals surface area contributed by atoms with E-state index in [1.54, 1.807) is 0 Å². The molecule has 0 saturated heterocycles. The van der Waals surface area contributed by atoms with Crippen LogP contribution in [0.25, 0.3) is 0 Å². The summed E-state index contributed by atoms with van der Waals surface area (Å²) in [5.41, 5.74) is 0. The van der Waals surface area contributed by atoms with Crippen molar-refractivity contribution in [3.63, 3.8) is 0 Å². The average molecular weight is 974 g/mol. The van der Waals surface area contributed by atoms with Crippen LogP contribution < -0.4 is 4.89 Å². The molecule has 0 spiro atoms. The number of carbonyl (C=O) groups is 2. The molecule has 0 aliphatic carbocycles. The lowest BCUT2D eigenvalue weighted by Crippen LogP contribution is -2.37. The minimum atomic E-state index is -4.64. The van der Waals surface area contributed by atoms with Crippen LogP contribution in [0.4, 0.5) is 0 Å². The molecule has 0 fully saturated rings. The van der Waals surface area contributed by atoms with Crippen molar-refractivity contribution in [3.8, 4) is 0 Å². The lowest BCUT2D eigenvalue weighted by molar-refractivity contribution is -0.870. The summed E-state index contributed by atoms with van der Waals surface area (Å²) in [6.07, 6.45) is 63.9. The van der Waals surface area contributed by atoms with Crippen molar-refractivity contribution in [2.45, 2.75) is 238 Å². The highest BCUT2D eigenvalue weighted by molar-refractivity contribution is 7.45. The van der Waals surface area contributed by atoms with Crippen LogP contribution in [0.15, 0.2) is 72.9 Å². The fraction of sp³-hybridized carbons (Fsp3) is 0.759. The van der Waals surface area contributed by atoms with Gasteiger partial charge in [0.15, 0.2) is 6.10 Å². The Bertz CT molecular complexity index is 1380. The number of hydrogen-bond donors (Lipinski definition) is 0. The summed E-state index contributed by atoms with van der Waals surface area (Å²) in [5, 5.41) is 0. The van der Waals surface area contributed by atoms with E-state index in [4.69, 9.17) is 18.5 Å². The van der Waals surface area contributed by atoms with Crippen molar-refractivity contribution in [2.24, 2.45) is 0 Å². The van der Waals surface area contributed by atoms with E-state index >= 15 is 0 Å². The van der Waals surface area contributed by atoms with Crippen LogP contribution in [-0.2, 0) is 32.7 Å². The number of rotatable bonds is 50. The molecule has 68 heavy (non-hydrogen) atoms. The van der Waals surface area contributed by atoms with E-state index < -0.39 is 32.5 Å². The highest BCUT2D eigenvalue weighted by atomic mass is 31.2. The maximum Gasteiger partial charge on any atom is 0.306 e. The van der Waals surface area contributed by atoms with Crippen LogP contribution in [0.1, 0.15) is 232 Å². The summed E-state index contributed by atoms with van der Waals surface area (Å²) >= 11 is 0. The molecule has 2 unspecified atom stereocenters. The van der Waals surface area contributed by atoms with E-state index in [1.807, 2.05) is 21.1 Å². The van der Waals surface area contributed by atoms with E-state index in [-0.39, 0.29) is 26.1 Å². The normalized spacial score (nSPS) is 13.9. The smallest absolute Gasteiger partial charge is 0.306 e. The number of allylic oxidation sites excluding steroid dienone is 12. The second-order valence-electron chi connectivity index (χ2n) is 19.6. The molecule has 0 aliphatic heterocycles. The van der Waals surface area contributed by atoms with Crippen molar-refractivity contribution in [3.05, 3.63) is 72.9 Å². The van der Waals surface area contributed by atoms with Gasteiger partial charge < -0.3 is 27.9 Å². The van der Waals surface area contributed by atoms with Gasteiger partial charge in [0, 0.05) is 12.8 Å². The van der Waals surface area contributed by atoms with Gasteiger partial charge in [0.25, 0.3) is 7.82 Å². The predicted molar refractivity (Wildman–Crippen MR) is 286 cm³/mol. The molecule has 10 heteroatoms. The molecule has 9 nitrogen and oxygen atoms in total. The highest BCUT2D eigenvalue weighted by Gasteiger charge is 2.21. The van der Waals surface area contributed by atoms with Crippen molar-refractivity contribution < 1.29 is 42.1 Å². The lowest BCUT2D eigenvalue weighted by Gasteiger charge is -2.28. The van der Waals surface area contributed by atoms with Gasteiger partial charge in [-0.3, -0.25) is 14.2 Å². The second kappa shape index (κ2) is 49.4. The molecule has 0 radical (unpaired) electrons. The first-order valence-corrected chi connectivity index (χ1v) is 29.1. The van der Waals surface area contributed by atoms with Crippen molar-refractivity contribution in [2.75, 3.05) is 47.5 Å². The molecule has 2 atom stereocenters. The van der Waals surface area contributed by atoms with Crippen LogP contribution in [0, 0.1) is 0 Å². The third kappa shape index (κ3) is 52.8. The zero-order valence-corrected chi connectivity index (χ0v) is 45.4. The van der Waals surface area contributed by atoms with E-state index in [0.717, 1.165) is 70.6 Å². The number of unbranched alkanes of at least 4 members (excludes halogenated alkanes) is 24. The van der Waals surface area contributed by atoms with E-state index in [1.165, 1.54) is 122 Å². The first kappa shape index (κ1) is 65.5. The van der Waals surface area contributed by atoms with Gasteiger partial charge in [-0.25, -0.2) is 0 Å². The fourth-order valence-electron chi connectivity index (χ4n) is 7.44. The van der Waals surface area contributed by atoms with Crippen LogP contribution in [0.5, 0.6) is 0 Å². The van der Waals surface area contributed by atoms with Gasteiger partial charge in [-0.15, -0.1) is 0 Å². The van der Waals surface area contributed by atoms with Gasteiger partial charge in [0.1, 0.15) is 19.8 Å². The van der Waals surface area contributed by atoms with Gasteiger partial charge in [-0.1, -0.05) is 209 Å². The Morgan fingerprint density at radius 1 is 0.471 bits per heavy atom. The second-order valence-corrected chi connectivity index (χ2v) is 21.0. The molecule has 394 valence electrons. The molecule has 0 aromatic carbocycles. The number of esters is 2. The lowest BCUT2D eigenvalue weighted by atomic mass is 10.0. The van der Waals surface area contributed by atoms with E-state index in [2.05, 4.69) is 86.8 Å². The molecular weight excluding hydrogens is 870 g/mol. The number of phosphoric ester groups is 1. The van der Waals surface area contributed by atoms with Gasteiger partial charge in [-0.2, -0.15) is 0 Å². The summed E-state index contributed by atoms with van der Waals surface area (Å²) in [6.45, 7) is 4.08. The predicted octanol–water partition coefficient (Wildman–Crippen LogP) is 16.3. The summed E-state index contributed by atoms with van der Waals surface area (Å²) in [4.78, 5) is 37.7. The van der Waals surface area contributed by atoms with Crippen molar-refractivity contribution >= 4 is 19.8 Å². The highest BCUT2D eigenvalue weighted by Crippen LogP contribution is 2.38. The number of likely N-dealkylation sites (N-methyl/N-ethyl adjacent to an activating group) is 1. The zero-order chi connectivity index (χ0) is 49.9. The fourth-order valence-corrected chi connectivity index (χ4v) is 8.17. The molecular formula is C58H104NO8P. The molecule has 0 N–H and O–H groups in total. The number of nitrogens with zero attached hydrogens (tertiary/aromatic N) is 1. The Morgan fingerprint density at radius 3 is 1.26 bits per heavy atom.